The summed E-state index contributed by atoms with van der Waals surface area (Å²) in [6.07, 6.45) is 1.17. The van der Waals surface area contributed by atoms with Gasteiger partial charge in [-0.1, -0.05) is 71.4 Å². The molecule has 1 heterocycles. The van der Waals surface area contributed by atoms with Gasteiger partial charge in [-0.3, -0.25) is 9.36 Å². The Balaban J connectivity index is 1.44. The number of nitrogens with one attached hydrogen (secondary N) is 1. The largest absolute Gasteiger partial charge is 0.326 e. The minimum absolute atomic E-state index is 0.00994. The fourth-order valence-electron chi connectivity index (χ4n) is 3.25. The topological polar surface area (TPSA) is 59.8 Å². The Morgan fingerprint density at radius 3 is 2.44 bits per heavy atom. The van der Waals surface area contributed by atoms with E-state index < -0.39 is 0 Å². The molecule has 1 amide bonds. The molecule has 1 N–H and O–H groups in total. The van der Waals surface area contributed by atoms with Gasteiger partial charge in [-0.05, 0) is 49.7 Å². The first-order valence-electron chi connectivity index (χ1n) is 10.4. The van der Waals surface area contributed by atoms with Crippen LogP contribution in [-0.2, 0) is 4.79 Å². The summed E-state index contributed by atoms with van der Waals surface area (Å²) in [5, 5.41) is 13.2. The third-order valence-corrected chi connectivity index (χ3v) is 6.22. The predicted molar refractivity (Wildman–Crippen MR) is 132 cm³/mol. The van der Waals surface area contributed by atoms with Crippen molar-refractivity contribution in [2.75, 3.05) is 11.1 Å². The van der Waals surface area contributed by atoms with Crippen molar-refractivity contribution in [2.24, 2.45) is 0 Å². The number of aromatic nitrogens is 3. The van der Waals surface area contributed by atoms with E-state index in [1.54, 1.807) is 11.8 Å². The van der Waals surface area contributed by atoms with Gasteiger partial charge in [0.05, 0.1) is 5.02 Å². The molecular weight excluding hydrogens is 440 g/mol. The summed E-state index contributed by atoms with van der Waals surface area (Å²) in [5.74, 6) is 1.45. The zero-order valence-corrected chi connectivity index (χ0v) is 19.2. The second-order valence-electron chi connectivity index (χ2n) is 7.32. The lowest BCUT2D eigenvalue weighted by atomic mass is 10.2. The standard InChI is InChI=1S/C25H23ClN4OS/c1-18-13-15-19(16-14-18)27-23(31)12-7-17-32-25-29-28-24(21-10-5-6-11-22(21)26)30(25)20-8-3-2-4-9-20/h2-6,8-11,13-16H,7,12,17H2,1H3,(H,27,31). The number of hydrogen-bond donors (Lipinski definition) is 1. The van der Waals surface area contributed by atoms with Crippen LogP contribution in [0.25, 0.3) is 17.1 Å². The Bertz CT molecular complexity index is 1190. The highest BCUT2D eigenvalue weighted by Gasteiger charge is 2.18. The molecule has 0 saturated heterocycles. The van der Waals surface area contributed by atoms with E-state index in [9.17, 15) is 4.79 Å². The maximum atomic E-state index is 12.3. The summed E-state index contributed by atoms with van der Waals surface area (Å²) in [4.78, 5) is 12.3. The monoisotopic (exact) mass is 462 g/mol. The maximum absolute atomic E-state index is 12.3. The number of nitrogens with zero attached hydrogens (tertiary/aromatic N) is 3. The van der Waals surface area contributed by atoms with E-state index in [1.165, 1.54) is 0 Å². The van der Waals surface area contributed by atoms with Gasteiger partial charge in [-0.25, -0.2) is 0 Å². The SMILES string of the molecule is Cc1ccc(NC(=O)CCCSc2nnc(-c3ccccc3Cl)n2-c2ccccc2)cc1. The van der Waals surface area contributed by atoms with Gasteiger partial charge in [0.15, 0.2) is 11.0 Å². The zero-order chi connectivity index (χ0) is 22.3. The molecule has 4 rings (SSSR count). The fraction of sp³-hybridized carbons (Fsp3) is 0.160. The van der Waals surface area contributed by atoms with Crippen molar-refractivity contribution >= 4 is 35.0 Å². The number of amides is 1. The first-order chi connectivity index (χ1) is 15.6. The Morgan fingerprint density at radius 2 is 1.69 bits per heavy atom. The average Bonchev–Trinajstić information content (AvgIpc) is 3.23. The number of hydrogen-bond acceptors (Lipinski definition) is 4. The highest BCUT2D eigenvalue weighted by Crippen LogP contribution is 2.32. The lowest BCUT2D eigenvalue weighted by molar-refractivity contribution is -0.116. The van der Waals surface area contributed by atoms with Gasteiger partial charge in [0.2, 0.25) is 5.91 Å². The number of aryl methyl sites for hydroxylation is 1. The van der Waals surface area contributed by atoms with Crippen molar-refractivity contribution in [3.63, 3.8) is 0 Å². The fourth-order valence-corrected chi connectivity index (χ4v) is 4.36. The van der Waals surface area contributed by atoms with Gasteiger partial charge in [0.25, 0.3) is 0 Å². The van der Waals surface area contributed by atoms with Gasteiger partial charge in [-0.2, -0.15) is 0 Å². The molecule has 5 nitrogen and oxygen atoms in total. The number of carbonyl (C=O) groups is 1. The maximum Gasteiger partial charge on any atom is 0.224 e. The first-order valence-corrected chi connectivity index (χ1v) is 11.7. The van der Waals surface area contributed by atoms with Crippen LogP contribution >= 0.6 is 23.4 Å². The molecule has 0 unspecified atom stereocenters. The van der Waals surface area contributed by atoms with Crippen LogP contribution in [0.4, 0.5) is 5.69 Å². The van der Waals surface area contributed by atoms with Crippen LogP contribution in [0.3, 0.4) is 0 Å². The molecule has 0 aliphatic rings. The smallest absolute Gasteiger partial charge is 0.224 e. The number of rotatable bonds is 8. The van der Waals surface area contributed by atoms with Crippen LogP contribution in [-0.4, -0.2) is 26.4 Å². The molecule has 0 bridgehead atoms. The third-order valence-electron chi connectivity index (χ3n) is 4.88. The van der Waals surface area contributed by atoms with Crippen molar-refractivity contribution in [1.29, 1.82) is 0 Å². The zero-order valence-electron chi connectivity index (χ0n) is 17.7. The van der Waals surface area contributed by atoms with Crippen molar-refractivity contribution in [1.82, 2.24) is 14.8 Å². The van der Waals surface area contributed by atoms with Gasteiger partial charge in [0, 0.05) is 29.1 Å². The molecule has 7 heteroatoms. The Labute approximate surface area is 196 Å². The van der Waals surface area contributed by atoms with Gasteiger partial charge >= 0.3 is 0 Å². The van der Waals surface area contributed by atoms with Crippen molar-refractivity contribution in [2.45, 2.75) is 24.9 Å². The number of benzene rings is 3. The van der Waals surface area contributed by atoms with Crippen LogP contribution in [0, 0.1) is 6.92 Å². The first kappa shape index (κ1) is 22.1. The van der Waals surface area contributed by atoms with Crippen LogP contribution < -0.4 is 5.32 Å². The molecular formula is C25H23ClN4OS. The minimum atomic E-state index is 0.00994. The number of para-hydroxylation sites is 1. The second-order valence-corrected chi connectivity index (χ2v) is 8.79. The van der Waals surface area contributed by atoms with Crippen molar-refractivity contribution in [3.8, 4) is 17.1 Å². The number of thioether (sulfide) groups is 1. The summed E-state index contributed by atoms with van der Waals surface area (Å²) in [6, 6.07) is 25.4. The highest BCUT2D eigenvalue weighted by molar-refractivity contribution is 7.99. The molecule has 0 radical (unpaired) electrons. The summed E-state index contributed by atoms with van der Waals surface area (Å²) in [6.45, 7) is 2.02. The quantitative estimate of drug-likeness (QED) is 0.243. The van der Waals surface area contributed by atoms with Crippen LogP contribution in [0.15, 0.2) is 84.0 Å². The molecule has 0 aliphatic heterocycles. The third kappa shape index (κ3) is 5.39. The van der Waals surface area contributed by atoms with E-state index in [-0.39, 0.29) is 5.91 Å². The van der Waals surface area contributed by atoms with E-state index in [4.69, 9.17) is 11.6 Å². The summed E-state index contributed by atoms with van der Waals surface area (Å²) >= 11 is 8.01. The molecule has 3 aromatic carbocycles. The minimum Gasteiger partial charge on any atom is -0.326 e. The molecule has 1 aromatic heterocycles. The normalized spacial score (nSPS) is 10.8. The van der Waals surface area contributed by atoms with Crippen LogP contribution in [0.1, 0.15) is 18.4 Å². The van der Waals surface area contributed by atoms with Gasteiger partial charge in [0.1, 0.15) is 0 Å². The van der Waals surface area contributed by atoms with E-state index in [2.05, 4.69) is 15.5 Å². The predicted octanol–water partition coefficient (Wildman–Crippen LogP) is 6.41. The second kappa shape index (κ2) is 10.5. The number of halogens is 1. The number of carbonyl (C=O) groups excluding carboxylic acids is 1. The Morgan fingerprint density at radius 1 is 0.969 bits per heavy atom. The Hall–Kier alpha value is -3.09. The molecule has 162 valence electrons. The lowest BCUT2D eigenvalue weighted by Crippen LogP contribution is -2.11. The molecule has 0 saturated carbocycles. The van der Waals surface area contributed by atoms with Crippen molar-refractivity contribution in [3.05, 3.63) is 89.4 Å². The highest BCUT2D eigenvalue weighted by atomic mass is 35.5. The van der Waals surface area contributed by atoms with Gasteiger partial charge < -0.3 is 5.32 Å². The Kier molecular flexibility index (Phi) is 7.24. The number of anilines is 1. The summed E-state index contributed by atoms with van der Waals surface area (Å²) in [5.41, 5.74) is 3.78. The van der Waals surface area contributed by atoms with E-state index >= 15 is 0 Å². The molecule has 0 spiro atoms. The molecule has 0 fully saturated rings. The summed E-state index contributed by atoms with van der Waals surface area (Å²) < 4.78 is 2.01. The molecule has 0 aliphatic carbocycles. The van der Waals surface area contributed by atoms with E-state index in [0.29, 0.717) is 17.3 Å². The molecule has 4 aromatic rings. The van der Waals surface area contributed by atoms with Crippen molar-refractivity contribution < 1.29 is 4.79 Å². The van der Waals surface area contributed by atoms with Crippen LogP contribution in [0.5, 0.6) is 0 Å². The van der Waals surface area contributed by atoms with Gasteiger partial charge in [-0.15, -0.1) is 10.2 Å². The van der Waals surface area contributed by atoms with Crippen LogP contribution in [0.2, 0.25) is 5.02 Å². The van der Waals surface area contributed by atoms with E-state index in [0.717, 1.165) is 39.8 Å². The van der Waals surface area contributed by atoms with E-state index in [1.807, 2.05) is 90.4 Å². The summed E-state index contributed by atoms with van der Waals surface area (Å²) in [7, 11) is 0. The molecule has 32 heavy (non-hydrogen) atoms. The average molecular weight is 463 g/mol. The molecule has 0 atom stereocenters. The lowest BCUT2D eigenvalue weighted by Gasteiger charge is -2.11.